The van der Waals surface area contributed by atoms with Crippen LogP contribution in [0.2, 0.25) is 0 Å². The number of esters is 1. The molecule has 4 heteroatoms. The van der Waals surface area contributed by atoms with Gasteiger partial charge in [-0.3, -0.25) is 0 Å². The maximum atomic E-state index is 13.0. The molecule has 2 aromatic rings. The van der Waals surface area contributed by atoms with Gasteiger partial charge in [-0.05, 0) is 68.6 Å². The third-order valence-corrected chi connectivity index (χ3v) is 8.37. The minimum atomic E-state index is -0.232. The van der Waals surface area contributed by atoms with E-state index >= 15 is 0 Å². The van der Waals surface area contributed by atoms with Gasteiger partial charge in [0.15, 0.2) is 6.29 Å². The molecule has 3 aliphatic carbocycles. The van der Waals surface area contributed by atoms with E-state index in [1.54, 1.807) is 0 Å². The van der Waals surface area contributed by atoms with Crippen LogP contribution in [0, 0.1) is 37.5 Å². The molecule has 1 saturated heterocycles. The average Bonchev–Trinajstić information content (AvgIpc) is 3.35. The molecule has 6 rings (SSSR count). The SMILES string of the molecule is Cc1ccc(C(=O)OC2C3CC(C4CCCCC43)C2OC2OC2c2ccc(C)cc2)cc1. The number of carbonyl (C=O) groups excluding carboxylic acids is 1. The van der Waals surface area contributed by atoms with Crippen molar-refractivity contribution < 1.29 is 19.0 Å². The molecule has 4 aliphatic rings. The third kappa shape index (κ3) is 3.58. The van der Waals surface area contributed by atoms with Gasteiger partial charge in [-0.25, -0.2) is 4.79 Å². The van der Waals surface area contributed by atoms with Crippen LogP contribution in [0.1, 0.15) is 65.3 Å². The molecule has 8 unspecified atom stereocenters. The number of rotatable bonds is 5. The van der Waals surface area contributed by atoms with Gasteiger partial charge in [-0.15, -0.1) is 0 Å². The molecule has 3 saturated carbocycles. The van der Waals surface area contributed by atoms with Crippen LogP contribution in [0.4, 0.5) is 0 Å². The van der Waals surface area contributed by atoms with E-state index in [4.69, 9.17) is 14.2 Å². The van der Waals surface area contributed by atoms with Crippen molar-refractivity contribution in [1.82, 2.24) is 0 Å². The van der Waals surface area contributed by atoms with E-state index in [9.17, 15) is 4.79 Å². The maximum Gasteiger partial charge on any atom is 0.338 e. The van der Waals surface area contributed by atoms with E-state index in [2.05, 4.69) is 31.2 Å². The molecular formula is C28H32O4. The number of hydrogen-bond donors (Lipinski definition) is 0. The second-order valence-electron chi connectivity index (χ2n) is 10.3. The molecule has 168 valence electrons. The molecule has 2 bridgehead atoms. The number of benzene rings is 2. The Morgan fingerprint density at radius 3 is 2.06 bits per heavy atom. The van der Waals surface area contributed by atoms with Crippen molar-refractivity contribution in [3.63, 3.8) is 0 Å². The Labute approximate surface area is 190 Å². The van der Waals surface area contributed by atoms with Crippen molar-refractivity contribution >= 4 is 5.97 Å². The Morgan fingerprint density at radius 1 is 0.812 bits per heavy atom. The fraction of sp³-hybridized carbons (Fsp3) is 0.536. The maximum absolute atomic E-state index is 13.0. The van der Waals surface area contributed by atoms with E-state index in [0.717, 1.165) is 17.5 Å². The molecule has 0 spiro atoms. The van der Waals surface area contributed by atoms with Crippen LogP contribution in [0.5, 0.6) is 0 Å². The summed E-state index contributed by atoms with van der Waals surface area (Å²) in [7, 11) is 0. The largest absolute Gasteiger partial charge is 0.456 e. The normalized spacial score (nSPS) is 37.2. The second kappa shape index (κ2) is 8.00. The van der Waals surface area contributed by atoms with Crippen molar-refractivity contribution in [2.75, 3.05) is 0 Å². The van der Waals surface area contributed by atoms with Gasteiger partial charge >= 0.3 is 5.97 Å². The number of epoxide rings is 1. The number of aryl methyl sites for hydroxylation is 2. The standard InChI is InChI=1S/C28H32O4/c1-16-7-11-18(12-8-16)24-28(31-24)32-26-23-15-22(20-5-3-4-6-21(20)23)25(26)30-27(29)19-13-9-17(2)10-14-19/h7-14,20-26,28H,3-6,15H2,1-2H3. The van der Waals surface area contributed by atoms with Gasteiger partial charge in [0.2, 0.25) is 0 Å². The molecule has 4 fully saturated rings. The first kappa shape index (κ1) is 20.4. The molecule has 8 atom stereocenters. The molecule has 0 N–H and O–H groups in total. The summed E-state index contributed by atoms with van der Waals surface area (Å²) in [5, 5.41) is 0. The minimum Gasteiger partial charge on any atom is -0.456 e. The van der Waals surface area contributed by atoms with Crippen LogP contribution >= 0.6 is 0 Å². The Hall–Kier alpha value is -2.17. The van der Waals surface area contributed by atoms with Crippen LogP contribution in [0.15, 0.2) is 48.5 Å². The molecule has 4 nitrogen and oxygen atoms in total. The van der Waals surface area contributed by atoms with Crippen molar-refractivity contribution in [2.24, 2.45) is 23.7 Å². The Balaban J connectivity index is 1.20. The zero-order valence-corrected chi connectivity index (χ0v) is 18.9. The number of carbonyl (C=O) groups is 1. The lowest BCUT2D eigenvalue weighted by atomic mass is 9.69. The smallest absolute Gasteiger partial charge is 0.338 e. The van der Waals surface area contributed by atoms with E-state index in [1.807, 2.05) is 31.2 Å². The topological polar surface area (TPSA) is 48.1 Å². The fourth-order valence-corrected chi connectivity index (χ4v) is 6.72. The van der Waals surface area contributed by atoms with Crippen molar-refractivity contribution in [1.29, 1.82) is 0 Å². The minimum absolute atomic E-state index is 0.00895. The zero-order valence-electron chi connectivity index (χ0n) is 18.9. The molecule has 0 amide bonds. The van der Waals surface area contributed by atoms with Crippen molar-refractivity contribution in [2.45, 2.75) is 70.6 Å². The van der Waals surface area contributed by atoms with Gasteiger partial charge in [0.25, 0.3) is 0 Å². The summed E-state index contributed by atoms with van der Waals surface area (Å²) in [6.45, 7) is 4.12. The van der Waals surface area contributed by atoms with E-state index in [1.165, 1.54) is 31.2 Å². The van der Waals surface area contributed by atoms with Gasteiger partial charge in [-0.2, -0.15) is 0 Å². The van der Waals surface area contributed by atoms with Crippen LogP contribution in [0.3, 0.4) is 0 Å². The van der Waals surface area contributed by atoms with Crippen LogP contribution in [-0.2, 0) is 14.2 Å². The van der Waals surface area contributed by atoms with Crippen molar-refractivity contribution in [3.05, 3.63) is 70.8 Å². The highest BCUT2D eigenvalue weighted by atomic mass is 16.8. The third-order valence-electron chi connectivity index (χ3n) is 8.37. The number of fused-ring (bicyclic) bond motifs is 5. The van der Waals surface area contributed by atoms with Crippen molar-refractivity contribution in [3.8, 4) is 0 Å². The summed E-state index contributed by atoms with van der Waals surface area (Å²) in [6.07, 6.45) is 5.82. The molecule has 1 aliphatic heterocycles. The monoisotopic (exact) mass is 432 g/mol. The fourth-order valence-electron chi connectivity index (χ4n) is 6.72. The molecule has 0 radical (unpaired) electrons. The summed E-state index contributed by atoms with van der Waals surface area (Å²) in [4.78, 5) is 13.0. The summed E-state index contributed by atoms with van der Waals surface area (Å²) in [5.41, 5.74) is 4.16. The Kier molecular flexibility index (Phi) is 5.11. The summed E-state index contributed by atoms with van der Waals surface area (Å²) >= 11 is 0. The summed E-state index contributed by atoms with van der Waals surface area (Å²) in [6, 6.07) is 16.1. The van der Waals surface area contributed by atoms with Gasteiger partial charge in [0.1, 0.15) is 18.3 Å². The quantitative estimate of drug-likeness (QED) is 0.445. The van der Waals surface area contributed by atoms with Gasteiger partial charge in [-0.1, -0.05) is 60.4 Å². The Bertz CT molecular complexity index is 981. The van der Waals surface area contributed by atoms with E-state index in [-0.39, 0.29) is 30.6 Å². The highest BCUT2D eigenvalue weighted by molar-refractivity contribution is 5.89. The van der Waals surface area contributed by atoms with Crippen LogP contribution in [0.25, 0.3) is 0 Å². The first-order valence-electron chi connectivity index (χ1n) is 12.2. The zero-order chi connectivity index (χ0) is 21.8. The lowest BCUT2D eigenvalue weighted by Gasteiger charge is -2.42. The first-order chi connectivity index (χ1) is 15.6. The molecule has 1 heterocycles. The highest BCUT2D eigenvalue weighted by Gasteiger charge is 2.62. The molecule has 0 aromatic heterocycles. The molecule has 2 aromatic carbocycles. The first-order valence-corrected chi connectivity index (χ1v) is 12.2. The lowest BCUT2D eigenvalue weighted by molar-refractivity contribution is -0.130. The van der Waals surface area contributed by atoms with E-state index < -0.39 is 0 Å². The summed E-state index contributed by atoms with van der Waals surface area (Å²) < 4.78 is 18.7. The lowest BCUT2D eigenvalue weighted by Crippen LogP contribution is -2.47. The second-order valence-corrected chi connectivity index (χ2v) is 10.3. The Morgan fingerprint density at radius 2 is 1.41 bits per heavy atom. The van der Waals surface area contributed by atoms with Crippen LogP contribution < -0.4 is 0 Å². The molecular weight excluding hydrogens is 400 g/mol. The average molecular weight is 433 g/mol. The number of ether oxygens (including phenoxy) is 3. The van der Waals surface area contributed by atoms with Crippen LogP contribution in [-0.4, -0.2) is 24.5 Å². The van der Waals surface area contributed by atoms with Gasteiger partial charge in [0.05, 0.1) is 5.56 Å². The molecule has 32 heavy (non-hydrogen) atoms. The van der Waals surface area contributed by atoms with Gasteiger partial charge in [0, 0.05) is 5.92 Å². The van der Waals surface area contributed by atoms with Gasteiger partial charge < -0.3 is 14.2 Å². The number of hydrogen-bond acceptors (Lipinski definition) is 4. The predicted octanol–water partition coefficient (Wildman–Crippen LogP) is 5.77. The highest BCUT2D eigenvalue weighted by Crippen LogP contribution is 2.60. The summed E-state index contributed by atoms with van der Waals surface area (Å²) in [5.74, 6) is 2.06. The predicted molar refractivity (Wildman–Crippen MR) is 121 cm³/mol. The van der Waals surface area contributed by atoms with E-state index in [0.29, 0.717) is 29.2 Å².